The van der Waals surface area contributed by atoms with E-state index in [1.54, 1.807) is 0 Å². The molecule has 154 valence electrons. The quantitative estimate of drug-likeness (QED) is 0.743. The molecule has 1 aromatic heterocycles. The zero-order valence-electron chi connectivity index (χ0n) is 15.5. The molecule has 7 nitrogen and oxygen atoms in total. The summed E-state index contributed by atoms with van der Waals surface area (Å²) in [7, 11) is 0. The van der Waals surface area contributed by atoms with Crippen LogP contribution < -0.4 is 0 Å². The van der Waals surface area contributed by atoms with Gasteiger partial charge in [-0.25, -0.2) is 8.78 Å². The Balaban J connectivity index is 0.00000280. The number of halogens is 3. The van der Waals surface area contributed by atoms with E-state index >= 15 is 0 Å². The lowest BCUT2D eigenvalue weighted by atomic mass is 10.0. The number of aromatic nitrogens is 2. The molecule has 2 heterocycles. The molecule has 0 saturated carbocycles. The maximum atomic E-state index is 13.3. The van der Waals surface area contributed by atoms with Crippen LogP contribution in [0.25, 0.3) is 11.4 Å². The van der Waals surface area contributed by atoms with Gasteiger partial charge in [-0.05, 0) is 37.6 Å². The molecule has 1 saturated heterocycles. The van der Waals surface area contributed by atoms with Gasteiger partial charge in [0, 0.05) is 24.7 Å². The van der Waals surface area contributed by atoms with Crippen LogP contribution in [0.3, 0.4) is 0 Å². The molecule has 3 rings (SSSR count). The van der Waals surface area contributed by atoms with Crippen LogP contribution in [0.5, 0.6) is 0 Å². The minimum Gasteiger partial charge on any atom is -0.480 e. The van der Waals surface area contributed by atoms with Crippen molar-refractivity contribution >= 4 is 18.4 Å². The van der Waals surface area contributed by atoms with E-state index in [-0.39, 0.29) is 30.8 Å². The number of rotatable bonds is 7. The molecule has 2 aromatic rings. The number of piperidine rings is 1. The van der Waals surface area contributed by atoms with Gasteiger partial charge in [0.15, 0.2) is 11.6 Å². The van der Waals surface area contributed by atoms with Crippen LogP contribution in [0.15, 0.2) is 22.7 Å². The number of nitrogens with zero attached hydrogens (tertiary/aromatic N) is 4. The lowest BCUT2D eigenvalue weighted by Gasteiger charge is -2.36. The van der Waals surface area contributed by atoms with E-state index in [0.717, 1.165) is 38.1 Å². The molecule has 0 unspecified atom stereocenters. The summed E-state index contributed by atoms with van der Waals surface area (Å²) in [5.41, 5.74) is 0.356. The van der Waals surface area contributed by atoms with E-state index in [4.69, 9.17) is 9.63 Å². The molecule has 10 heteroatoms. The first kappa shape index (κ1) is 22.2. The molecule has 0 radical (unpaired) electrons. The minimum atomic E-state index is -0.956. The first-order chi connectivity index (χ1) is 13.0. The molecule has 1 N–H and O–H groups in total. The summed E-state index contributed by atoms with van der Waals surface area (Å²) < 4.78 is 31.6. The molecular weight excluding hydrogens is 394 g/mol. The number of hydrogen-bond acceptors (Lipinski definition) is 6. The first-order valence-corrected chi connectivity index (χ1v) is 8.92. The van der Waals surface area contributed by atoms with Crippen molar-refractivity contribution < 1.29 is 23.2 Å². The molecular formula is C18H23ClF2N4O3. The van der Waals surface area contributed by atoms with Gasteiger partial charge in [0.25, 0.3) is 0 Å². The van der Waals surface area contributed by atoms with Crippen molar-refractivity contribution in [3.8, 4) is 11.4 Å². The van der Waals surface area contributed by atoms with Crippen LogP contribution in [0.2, 0.25) is 0 Å². The number of likely N-dealkylation sites (tertiary alicyclic amines) is 1. The van der Waals surface area contributed by atoms with Crippen LogP contribution in [-0.4, -0.2) is 63.2 Å². The van der Waals surface area contributed by atoms with E-state index < -0.39 is 17.6 Å². The fourth-order valence-corrected chi connectivity index (χ4v) is 3.38. The van der Waals surface area contributed by atoms with Gasteiger partial charge >= 0.3 is 5.97 Å². The van der Waals surface area contributed by atoms with Crippen LogP contribution >= 0.6 is 12.4 Å². The average Bonchev–Trinajstić information content (AvgIpc) is 3.11. The Morgan fingerprint density at radius 1 is 1.32 bits per heavy atom. The summed E-state index contributed by atoms with van der Waals surface area (Å²) in [6.07, 6.45) is 1.73. The van der Waals surface area contributed by atoms with Crippen molar-refractivity contribution in [1.29, 1.82) is 0 Å². The fraction of sp³-hybridized carbons (Fsp3) is 0.500. The van der Waals surface area contributed by atoms with Crippen molar-refractivity contribution in [3.63, 3.8) is 0 Å². The van der Waals surface area contributed by atoms with E-state index in [2.05, 4.69) is 15.0 Å². The predicted octanol–water partition coefficient (Wildman–Crippen LogP) is 2.81. The van der Waals surface area contributed by atoms with Gasteiger partial charge < -0.3 is 9.63 Å². The van der Waals surface area contributed by atoms with Gasteiger partial charge in [0.05, 0.1) is 13.1 Å². The van der Waals surface area contributed by atoms with Crippen molar-refractivity contribution in [2.75, 3.05) is 26.2 Å². The normalized spacial score (nSPS) is 15.6. The third-order valence-electron chi connectivity index (χ3n) is 4.82. The second kappa shape index (κ2) is 9.90. The van der Waals surface area contributed by atoms with E-state index in [0.29, 0.717) is 24.5 Å². The van der Waals surface area contributed by atoms with Gasteiger partial charge in [0.2, 0.25) is 11.7 Å². The molecule has 0 spiro atoms. The van der Waals surface area contributed by atoms with Crippen molar-refractivity contribution in [3.05, 3.63) is 35.7 Å². The summed E-state index contributed by atoms with van der Waals surface area (Å²) in [4.78, 5) is 19.4. The van der Waals surface area contributed by atoms with Gasteiger partial charge in [-0.3, -0.25) is 14.6 Å². The number of carboxylic acids is 1. The molecule has 0 atom stereocenters. The highest BCUT2D eigenvalue weighted by Crippen LogP contribution is 2.21. The second-order valence-corrected chi connectivity index (χ2v) is 6.60. The minimum absolute atomic E-state index is 0. The van der Waals surface area contributed by atoms with E-state index in [9.17, 15) is 13.6 Å². The largest absolute Gasteiger partial charge is 0.480 e. The maximum absolute atomic E-state index is 13.3. The molecule has 1 aliphatic heterocycles. The SMILES string of the molecule is CCN(CC(=O)O)C1CCN(Cc2nc(-c3ccc(F)c(F)c3)no2)CC1.Cl. The number of likely N-dealkylation sites (N-methyl/N-ethyl adjacent to an activating group) is 1. The van der Waals surface area contributed by atoms with Crippen LogP contribution in [0.1, 0.15) is 25.7 Å². The summed E-state index contributed by atoms with van der Waals surface area (Å²) in [6, 6.07) is 3.72. The Morgan fingerprint density at radius 3 is 2.64 bits per heavy atom. The highest BCUT2D eigenvalue weighted by Gasteiger charge is 2.26. The Bertz CT molecular complexity index is 797. The Labute approximate surface area is 167 Å². The van der Waals surface area contributed by atoms with Gasteiger partial charge in [-0.15, -0.1) is 12.4 Å². The molecule has 1 fully saturated rings. The highest BCUT2D eigenvalue weighted by atomic mass is 35.5. The van der Waals surface area contributed by atoms with Crippen molar-refractivity contribution in [2.45, 2.75) is 32.4 Å². The third-order valence-corrected chi connectivity index (χ3v) is 4.82. The summed E-state index contributed by atoms with van der Waals surface area (Å²) in [6.45, 7) is 4.79. The summed E-state index contributed by atoms with van der Waals surface area (Å²) in [5.74, 6) is -2.06. The number of carboxylic acid groups (broad SMARTS) is 1. The van der Waals surface area contributed by atoms with E-state index in [1.165, 1.54) is 6.07 Å². The van der Waals surface area contributed by atoms with Gasteiger partial charge in [-0.1, -0.05) is 12.1 Å². The molecule has 0 amide bonds. The molecule has 1 aliphatic rings. The fourth-order valence-electron chi connectivity index (χ4n) is 3.38. The summed E-state index contributed by atoms with van der Waals surface area (Å²) in [5, 5.41) is 12.8. The Hall–Kier alpha value is -2.10. The zero-order valence-corrected chi connectivity index (χ0v) is 16.3. The van der Waals surface area contributed by atoms with Gasteiger partial charge in [-0.2, -0.15) is 4.98 Å². The highest BCUT2D eigenvalue weighted by molar-refractivity contribution is 5.85. The van der Waals surface area contributed by atoms with Crippen LogP contribution in [-0.2, 0) is 11.3 Å². The molecule has 0 aliphatic carbocycles. The van der Waals surface area contributed by atoms with E-state index in [1.807, 2.05) is 11.8 Å². The molecule has 0 bridgehead atoms. The average molecular weight is 417 g/mol. The lowest BCUT2D eigenvalue weighted by Crippen LogP contribution is -2.46. The smallest absolute Gasteiger partial charge is 0.317 e. The Morgan fingerprint density at radius 2 is 2.04 bits per heavy atom. The number of carbonyl (C=O) groups is 1. The second-order valence-electron chi connectivity index (χ2n) is 6.60. The lowest BCUT2D eigenvalue weighted by molar-refractivity contribution is -0.139. The van der Waals surface area contributed by atoms with Crippen molar-refractivity contribution in [2.24, 2.45) is 0 Å². The van der Waals surface area contributed by atoms with Crippen LogP contribution in [0.4, 0.5) is 8.78 Å². The summed E-state index contributed by atoms with van der Waals surface area (Å²) >= 11 is 0. The first-order valence-electron chi connectivity index (χ1n) is 8.92. The number of benzene rings is 1. The van der Waals surface area contributed by atoms with Gasteiger partial charge in [0.1, 0.15) is 0 Å². The topological polar surface area (TPSA) is 82.7 Å². The van der Waals surface area contributed by atoms with Crippen LogP contribution in [0, 0.1) is 11.6 Å². The number of aliphatic carboxylic acids is 1. The monoisotopic (exact) mass is 416 g/mol. The molecule has 1 aromatic carbocycles. The molecule has 28 heavy (non-hydrogen) atoms. The maximum Gasteiger partial charge on any atom is 0.317 e. The standard InChI is InChI=1S/C18H22F2N4O3.ClH/c1-2-24(11-17(25)26)13-5-7-23(8-6-13)10-16-21-18(22-27-16)12-3-4-14(19)15(20)9-12;/h3-4,9,13H,2,5-8,10-11H2,1H3,(H,25,26);1H. The third kappa shape index (κ3) is 5.46. The zero-order chi connectivity index (χ0) is 19.4. The van der Waals surface area contributed by atoms with Crippen molar-refractivity contribution in [1.82, 2.24) is 19.9 Å². The Kier molecular flexibility index (Phi) is 7.85. The predicted molar refractivity (Wildman–Crippen MR) is 100 cm³/mol. The number of hydrogen-bond donors (Lipinski definition) is 1.